The van der Waals surface area contributed by atoms with Crippen LogP contribution in [0.2, 0.25) is 6.04 Å². The van der Waals surface area contributed by atoms with Gasteiger partial charge in [0.25, 0.3) is 0 Å². The summed E-state index contributed by atoms with van der Waals surface area (Å²) in [5, 5.41) is 0. The van der Waals surface area contributed by atoms with E-state index in [4.69, 9.17) is 13.3 Å². The van der Waals surface area contributed by atoms with Crippen LogP contribution >= 0.6 is 0 Å². The number of nitrogens with zero attached hydrogens (tertiary/aromatic N) is 1. The molecule has 0 atom stereocenters. The van der Waals surface area contributed by atoms with Crippen molar-refractivity contribution in [1.29, 1.82) is 0 Å². The van der Waals surface area contributed by atoms with E-state index >= 15 is 0 Å². The molecule has 188 valence electrons. The highest BCUT2D eigenvalue weighted by molar-refractivity contribution is 6.60. The van der Waals surface area contributed by atoms with Gasteiger partial charge in [0, 0.05) is 32.3 Å². The Morgan fingerprint density at radius 1 is 0.484 bits per heavy atom. The fraction of sp³-hybridized carbons (Fsp3) is 1.00. The maximum atomic E-state index is 6.08. The lowest BCUT2D eigenvalue weighted by Gasteiger charge is -2.36. The van der Waals surface area contributed by atoms with Gasteiger partial charge in [-0.15, -0.1) is 0 Å². The van der Waals surface area contributed by atoms with E-state index < -0.39 is 8.80 Å². The third-order valence-electron chi connectivity index (χ3n) is 6.38. The molecule has 0 amide bonds. The van der Waals surface area contributed by atoms with E-state index in [-0.39, 0.29) is 0 Å². The second-order valence-electron chi connectivity index (χ2n) is 9.41. The summed E-state index contributed by atoms with van der Waals surface area (Å²) in [6, 6.07) is 0.948. The second kappa shape index (κ2) is 20.6. The average Bonchev–Trinajstić information content (AvgIpc) is 2.74. The fourth-order valence-electron chi connectivity index (χ4n) is 4.56. The lowest BCUT2D eigenvalue weighted by Crippen LogP contribution is -2.49. The van der Waals surface area contributed by atoms with Gasteiger partial charge < -0.3 is 17.8 Å². The second-order valence-corrected chi connectivity index (χ2v) is 12.1. The van der Waals surface area contributed by atoms with Gasteiger partial charge in [-0.05, 0) is 46.5 Å². The van der Waals surface area contributed by atoms with Crippen LogP contribution in [-0.4, -0.2) is 59.8 Å². The lowest BCUT2D eigenvalue weighted by molar-refractivity contribution is -0.910. The maximum absolute atomic E-state index is 6.08. The molecule has 0 aliphatic heterocycles. The summed E-state index contributed by atoms with van der Waals surface area (Å²) in [7, 11) is -0.0221. The van der Waals surface area contributed by atoms with Gasteiger partial charge in [-0.3, -0.25) is 0 Å². The van der Waals surface area contributed by atoms with Crippen molar-refractivity contribution in [3.8, 4) is 0 Å². The molecule has 0 N–H and O–H groups in total. The summed E-state index contributed by atoms with van der Waals surface area (Å²) in [6.07, 6.45) is 17.7. The summed E-state index contributed by atoms with van der Waals surface area (Å²) in [6.45, 7) is 16.6. The summed E-state index contributed by atoms with van der Waals surface area (Å²) in [4.78, 5) is 0. The largest absolute Gasteiger partial charge is 0.501 e. The van der Waals surface area contributed by atoms with Crippen molar-refractivity contribution in [2.45, 2.75) is 124 Å². The van der Waals surface area contributed by atoms with E-state index in [1.807, 2.05) is 0 Å². The molecule has 0 aromatic rings. The van der Waals surface area contributed by atoms with Crippen LogP contribution in [0.4, 0.5) is 0 Å². The van der Waals surface area contributed by atoms with Crippen LogP contribution in [0.1, 0.15) is 118 Å². The topological polar surface area (TPSA) is 27.7 Å². The summed E-state index contributed by atoms with van der Waals surface area (Å²) >= 11 is 0. The van der Waals surface area contributed by atoms with E-state index in [2.05, 4.69) is 41.7 Å². The molecule has 0 aromatic carbocycles. The van der Waals surface area contributed by atoms with Crippen LogP contribution in [-0.2, 0) is 13.3 Å². The molecular weight excluding hydrogens is 402 g/mol. The van der Waals surface area contributed by atoms with E-state index in [0.29, 0.717) is 19.8 Å². The average molecular weight is 461 g/mol. The Balaban J connectivity index is 4.68. The van der Waals surface area contributed by atoms with Gasteiger partial charge in [-0.25, -0.2) is 0 Å². The van der Waals surface area contributed by atoms with Gasteiger partial charge in [0.15, 0.2) is 0 Å². The Hall–Kier alpha value is 0.0569. The minimum absolute atomic E-state index is 0.674. The normalized spacial score (nSPS) is 12.6. The minimum atomic E-state index is -2.51. The van der Waals surface area contributed by atoms with Gasteiger partial charge in [0.2, 0.25) is 0 Å². The number of rotatable bonds is 24. The number of unbranched alkanes of at least 4 members (excludes halogenated alkanes) is 10. The Kier molecular flexibility index (Phi) is 20.7. The molecule has 0 bridgehead atoms. The molecule has 0 fully saturated rings. The standard InChI is InChI=1S/C26H58NO3Si/c1-7-12-14-16-18-20-23-27(6,24-21-19-17-15-13-8-2)25-22-26-31(28-9-3,29-10-4)30-11-5/h7-26H2,1-6H3/q+1. The molecular formula is C26H58NO3Si+. The SMILES string of the molecule is CCCCCCCC[N+](C)(CCCCCCCC)CCC[Si](OCC)(OCC)OCC. The van der Waals surface area contributed by atoms with E-state index in [1.165, 1.54) is 101 Å². The third kappa shape index (κ3) is 16.3. The van der Waals surface area contributed by atoms with Gasteiger partial charge in [0.1, 0.15) is 0 Å². The molecule has 0 aliphatic rings. The van der Waals surface area contributed by atoms with Crippen LogP contribution in [0.3, 0.4) is 0 Å². The van der Waals surface area contributed by atoms with Crippen molar-refractivity contribution < 1.29 is 17.8 Å². The van der Waals surface area contributed by atoms with E-state index in [0.717, 1.165) is 12.5 Å². The van der Waals surface area contributed by atoms with E-state index in [9.17, 15) is 0 Å². The fourth-order valence-corrected chi connectivity index (χ4v) is 7.16. The molecule has 0 radical (unpaired) electrons. The number of quaternary nitrogens is 1. The summed E-state index contributed by atoms with van der Waals surface area (Å²) in [5.41, 5.74) is 0. The Bertz CT molecular complexity index is 349. The van der Waals surface area contributed by atoms with E-state index in [1.54, 1.807) is 0 Å². The van der Waals surface area contributed by atoms with Crippen LogP contribution in [0.5, 0.6) is 0 Å². The Morgan fingerprint density at radius 3 is 1.23 bits per heavy atom. The Labute approximate surface area is 197 Å². The van der Waals surface area contributed by atoms with Crippen molar-refractivity contribution >= 4 is 8.80 Å². The van der Waals surface area contributed by atoms with Crippen molar-refractivity contribution in [1.82, 2.24) is 0 Å². The molecule has 0 aromatic heterocycles. The quantitative estimate of drug-likeness (QED) is 0.0843. The lowest BCUT2D eigenvalue weighted by atomic mass is 10.1. The van der Waals surface area contributed by atoms with Crippen LogP contribution < -0.4 is 0 Å². The van der Waals surface area contributed by atoms with Gasteiger partial charge in [0.05, 0.1) is 26.7 Å². The van der Waals surface area contributed by atoms with Crippen molar-refractivity contribution in [3.05, 3.63) is 0 Å². The number of hydrogen-bond acceptors (Lipinski definition) is 3. The molecule has 4 nitrogen and oxygen atoms in total. The minimum Gasteiger partial charge on any atom is -0.374 e. The Morgan fingerprint density at radius 2 is 0.839 bits per heavy atom. The molecule has 0 unspecified atom stereocenters. The zero-order valence-corrected chi connectivity index (χ0v) is 23.3. The molecule has 31 heavy (non-hydrogen) atoms. The first-order valence-corrected chi connectivity index (χ1v) is 15.7. The first-order chi connectivity index (χ1) is 15.0. The zero-order valence-electron chi connectivity index (χ0n) is 22.3. The summed E-state index contributed by atoms with van der Waals surface area (Å²) in [5.74, 6) is 0. The molecule has 0 spiro atoms. The van der Waals surface area contributed by atoms with Gasteiger partial charge >= 0.3 is 8.80 Å². The maximum Gasteiger partial charge on any atom is 0.501 e. The molecule has 0 aliphatic carbocycles. The highest BCUT2D eigenvalue weighted by Crippen LogP contribution is 2.21. The molecule has 0 heterocycles. The smallest absolute Gasteiger partial charge is 0.374 e. The highest BCUT2D eigenvalue weighted by Gasteiger charge is 2.40. The van der Waals surface area contributed by atoms with Crippen LogP contribution in [0, 0.1) is 0 Å². The monoisotopic (exact) mass is 460 g/mol. The molecule has 0 rings (SSSR count). The van der Waals surface area contributed by atoms with Crippen molar-refractivity contribution in [2.24, 2.45) is 0 Å². The highest BCUT2D eigenvalue weighted by atomic mass is 28.4. The van der Waals surface area contributed by atoms with Gasteiger partial charge in [-0.2, -0.15) is 0 Å². The van der Waals surface area contributed by atoms with Crippen LogP contribution in [0.15, 0.2) is 0 Å². The first-order valence-electron chi connectivity index (χ1n) is 13.8. The summed E-state index contributed by atoms with van der Waals surface area (Å²) < 4.78 is 19.5. The third-order valence-corrected chi connectivity index (χ3v) is 9.53. The van der Waals surface area contributed by atoms with Gasteiger partial charge in [-0.1, -0.05) is 65.2 Å². The molecule has 0 saturated heterocycles. The van der Waals surface area contributed by atoms with Crippen molar-refractivity contribution in [3.63, 3.8) is 0 Å². The van der Waals surface area contributed by atoms with Crippen LogP contribution in [0.25, 0.3) is 0 Å². The zero-order chi connectivity index (χ0) is 23.3. The first kappa shape index (κ1) is 31.1. The molecule has 5 heteroatoms. The number of hydrogen-bond donors (Lipinski definition) is 0. The van der Waals surface area contributed by atoms with Crippen molar-refractivity contribution in [2.75, 3.05) is 46.5 Å². The molecule has 0 saturated carbocycles. The predicted molar refractivity (Wildman–Crippen MR) is 138 cm³/mol. The predicted octanol–water partition coefficient (Wildman–Crippen LogP) is 7.59.